The second kappa shape index (κ2) is 7.43. The van der Waals surface area contributed by atoms with E-state index in [4.69, 9.17) is 4.52 Å². The Balaban J connectivity index is 1.93. The number of nitrogens with zero attached hydrogens (tertiary/aromatic N) is 1. The number of nitro benzene ring substituents is 1. The normalized spacial score (nSPS) is 11.2. The van der Waals surface area contributed by atoms with Gasteiger partial charge >= 0.3 is 0 Å². The van der Waals surface area contributed by atoms with E-state index in [2.05, 4.69) is 0 Å². The minimum absolute atomic E-state index is 0.0166. The molecule has 3 aromatic rings. The van der Waals surface area contributed by atoms with Crippen LogP contribution in [0.4, 0.5) is 5.69 Å². The van der Waals surface area contributed by atoms with Crippen molar-refractivity contribution in [1.29, 1.82) is 0 Å². The second-order valence-corrected chi connectivity index (χ2v) is 7.82. The van der Waals surface area contributed by atoms with Crippen LogP contribution >= 0.6 is 7.37 Å². The van der Waals surface area contributed by atoms with Gasteiger partial charge in [0.1, 0.15) is 0 Å². The van der Waals surface area contributed by atoms with Crippen molar-refractivity contribution < 1.29 is 14.0 Å². The maximum absolute atomic E-state index is 13.7. The Labute approximate surface area is 145 Å². The van der Waals surface area contributed by atoms with E-state index in [0.717, 1.165) is 0 Å². The van der Waals surface area contributed by atoms with Gasteiger partial charge < -0.3 is 4.52 Å². The maximum Gasteiger partial charge on any atom is 0.269 e. The van der Waals surface area contributed by atoms with Gasteiger partial charge in [0.25, 0.3) is 13.1 Å². The van der Waals surface area contributed by atoms with Gasteiger partial charge in [0.15, 0.2) is 0 Å². The van der Waals surface area contributed by atoms with Gasteiger partial charge in [0.05, 0.1) is 11.5 Å². The lowest BCUT2D eigenvalue weighted by Crippen LogP contribution is -2.18. The van der Waals surface area contributed by atoms with E-state index < -0.39 is 12.3 Å². The van der Waals surface area contributed by atoms with Gasteiger partial charge in [-0.05, 0) is 29.8 Å². The van der Waals surface area contributed by atoms with E-state index in [0.29, 0.717) is 16.2 Å². The second-order valence-electron chi connectivity index (χ2n) is 5.42. The molecule has 0 spiro atoms. The summed E-state index contributed by atoms with van der Waals surface area (Å²) in [7, 11) is -3.30. The van der Waals surface area contributed by atoms with Crippen molar-refractivity contribution in [3.05, 3.63) is 101 Å². The molecule has 0 radical (unpaired) electrons. The Morgan fingerprint density at radius 3 is 1.92 bits per heavy atom. The van der Waals surface area contributed by atoms with Crippen molar-refractivity contribution in [2.24, 2.45) is 0 Å². The Bertz CT molecular complexity index is 869. The number of non-ortho nitro benzene ring substituents is 1. The lowest BCUT2D eigenvalue weighted by Gasteiger charge is -2.19. The van der Waals surface area contributed by atoms with Crippen molar-refractivity contribution in [3.63, 3.8) is 0 Å². The quantitative estimate of drug-likeness (QED) is 0.381. The fourth-order valence-corrected chi connectivity index (χ4v) is 4.53. The van der Waals surface area contributed by atoms with Crippen molar-refractivity contribution in [3.8, 4) is 0 Å². The SMILES string of the molecule is O=[N+]([O-])c1cccc(COP(=O)(c2ccccc2)c2ccccc2)c1. The van der Waals surface area contributed by atoms with Crippen LogP contribution in [-0.4, -0.2) is 4.92 Å². The fraction of sp³-hybridized carbons (Fsp3) is 0.0526. The first-order chi connectivity index (χ1) is 12.1. The lowest BCUT2D eigenvalue weighted by molar-refractivity contribution is -0.384. The molecular formula is C19H16NO4P. The number of benzene rings is 3. The van der Waals surface area contributed by atoms with Crippen LogP contribution in [0.2, 0.25) is 0 Å². The first kappa shape index (κ1) is 17.1. The van der Waals surface area contributed by atoms with E-state index in [-0.39, 0.29) is 12.3 Å². The van der Waals surface area contributed by atoms with Gasteiger partial charge in [-0.3, -0.25) is 14.7 Å². The van der Waals surface area contributed by atoms with Crippen LogP contribution in [0.25, 0.3) is 0 Å². The number of hydrogen-bond acceptors (Lipinski definition) is 4. The molecule has 25 heavy (non-hydrogen) atoms. The summed E-state index contributed by atoms with van der Waals surface area (Å²) in [6, 6.07) is 24.1. The van der Waals surface area contributed by atoms with Crippen LogP contribution in [0.1, 0.15) is 5.56 Å². The zero-order valence-electron chi connectivity index (χ0n) is 13.3. The van der Waals surface area contributed by atoms with Gasteiger partial charge in [0, 0.05) is 22.7 Å². The molecule has 0 aromatic heterocycles. The van der Waals surface area contributed by atoms with Crippen LogP contribution < -0.4 is 10.6 Å². The highest BCUT2D eigenvalue weighted by molar-refractivity contribution is 7.74. The minimum Gasteiger partial charge on any atom is -0.317 e. The Kier molecular flexibility index (Phi) is 5.08. The Morgan fingerprint density at radius 1 is 0.840 bits per heavy atom. The molecule has 5 nitrogen and oxygen atoms in total. The van der Waals surface area contributed by atoms with Gasteiger partial charge in [-0.2, -0.15) is 0 Å². The third-order valence-electron chi connectivity index (χ3n) is 3.73. The third kappa shape index (κ3) is 3.85. The predicted molar refractivity (Wildman–Crippen MR) is 97.6 cm³/mol. The van der Waals surface area contributed by atoms with Gasteiger partial charge in [-0.15, -0.1) is 0 Å². The molecule has 0 N–H and O–H groups in total. The van der Waals surface area contributed by atoms with E-state index in [1.165, 1.54) is 12.1 Å². The lowest BCUT2D eigenvalue weighted by atomic mass is 10.2. The zero-order chi connectivity index (χ0) is 17.7. The summed E-state index contributed by atoms with van der Waals surface area (Å²) >= 11 is 0. The highest BCUT2D eigenvalue weighted by Gasteiger charge is 2.28. The Morgan fingerprint density at radius 2 is 1.40 bits per heavy atom. The standard InChI is InChI=1S/C19H16NO4P/c21-20(22)17-9-7-8-16(14-17)15-24-25(23,18-10-3-1-4-11-18)19-12-5-2-6-13-19/h1-14H,15H2. The number of rotatable bonds is 6. The fourth-order valence-electron chi connectivity index (χ4n) is 2.47. The number of hydrogen-bond donors (Lipinski definition) is 0. The molecule has 0 heterocycles. The van der Waals surface area contributed by atoms with Gasteiger partial charge in [-0.1, -0.05) is 48.5 Å². The highest BCUT2D eigenvalue weighted by atomic mass is 31.2. The van der Waals surface area contributed by atoms with Crippen molar-refractivity contribution in [2.75, 3.05) is 0 Å². The molecule has 0 fully saturated rings. The summed E-state index contributed by atoms with van der Waals surface area (Å²) in [5.41, 5.74) is 0.580. The van der Waals surface area contributed by atoms with E-state index in [1.54, 1.807) is 36.4 Å². The molecule has 0 aliphatic carbocycles. The first-order valence-electron chi connectivity index (χ1n) is 7.69. The average Bonchev–Trinajstić information content (AvgIpc) is 2.67. The molecule has 0 bridgehead atoms. The smallest absolute Gasteiger partial charge is 0.269 e. The van der Waals surface area contributed by atoms with Crippen LogP contribution in [0.15, 0.2) is 84.9 Å². The summed E-state index contributed by atoms with van der Waals surface area (Å²) < 4.78 is 19.5. The van der Waals surface area contributed by atoms with Crippen LogP contribution in [0.5, 0.6) is 0 Å². The largest absolute Gasteiger partial charge is 0.317 e. The van der Waals surface area contributed by atoms with Crippen LogP contribution in [0, 0.1) is 10.1 Å². The van der Waals surface area contributed by atoms with Crippen LogP contribution in [-0.2, 0) is 15.7 Å². The van der Waals surface area contributed by atoms with Crippen molar-refractivity contribution >= 4 is 23.7 Å². The average molecular weight is 353 g/mol. The molecule has 3 rings (SSSR count). The molecule has 0 unspecified atom stereocenters. The topological polar surface area (TPSA) is 69.4 Å². The molecular weight excluding hydrogens is 337 g/mol. The summed E-state index contributed by atoms with van der Waals surface area (Å²) in [4.78, 5) is 10.4. The van der Waals surface area contributed by atoms with Gasteiger partial charge in [-0.25, -0.2) is 0 Å². The van der Waals surface area contributed by atoms with Crippen molar-refractivity contribution in [2.45, 2.75) is 6.61 Å². The molecule has 3 aromatic carbocycles. The third-order valence-corrected chi connectivity index (χ3v) is 6.18. The van der Waals surface area contributed by atoms with Crippen LogP contribution in [0.3, 0.4) is 0 Å². The highest BCUT2D eigenvalue weighted by Crippen LogP contribution is 2.45. The molecule has 0 aliphatic rings. The molecule has 6 heteroatoms. The van der Waals surface area contributed by atoms with Crippen molar-refractivity contribution in [1.82, 2.24) is 0 Å². The molecule has 0 saturated carbocycles. The van der Waals surface area contributed by atoms with E-state index >= 15 is 0 Å². The monoisotopic (exact) mass is 353 g/mol. The van der Waals surface area contributed by atoms with Gasteiger partial charge in [0.2, 0.25) is 0 Å². The predicted octanol–water partition coefficient (Wildman–Crippen LogP) is 4.04. The zero-order valence-corrected chi connectivity index (χ0v) is 14.2. The molecule has 0 aliphatic heterocycles. The minimum atomic E-state index is -3.30. The molecule has 0 amide bonds. The first-order valence-corrected chi connectivity index (χ1v) is 9.31. The molecule has 0 saturated heterocycles. The van der Waals surface area contributed by atoms with E-state index in [9.17, 15) is 14.7 Å². The summed E-state index contributed by atoms with van der Waals surface area (Å²) in [6.45, 7) is 0.0166. The summed E-state index contributed by atoms with van der Waals surface area (Å²) in [5.74, 6) is 0. The Hall–Kier alpha value is -2.75. The molecule has 126 valence electrons. The summed E-state index contributed by atoms with van der Waals surface area (Å²) in [6.07, 6.45) is 0. The summed E-state index contributed by atoms with van der Waals surface area (Å²) in [5, 5.41) is 12.1. The van der Waals surface area contributed by atoms with E-state index in [1.807, 2.05) is 36.4 Å². The maximum atomic E-state index is 13.7. The number of nitro groups is 1. The molecule has 0 atom stereocenters.